The third kappa shape index (κ3) is 2.03. The van der Waals surface area contributed by atoms with Gasteiger partial charge in [0.15, 0.2) is 5.56 Å². The highest BCUT2D eigenvalue weighted by atomic mass is 16.6. The summed E-state index contributed by atoms with van der Waals surface area (Å²) in [5, 5.41) is 28.2. The number of aliphatic hydroxyl groups is 1. The summed E-state index contributed by atoms with van der Waals surface area (Å²) < 4.78 is 4.83. The molecule has 0 amide bonds. The number of methoxy groups -OCH3 is 1. The van der Waals surface area contributed by atoms with Crippen LogP contribution in [0.3, 0.4) is 0 Å². The van der Waals surface area contributed by atoms with Gasteiger partial charge in [-0.1, -0.05) is 0 Å². The lowest BCUT2D eigenvalue weighted by molar-refractivity contribution is -0.385. The van der Waals surface area contributed by atoms with Gasteiger partial charge in [0.05, 0.1) is 18.6 Å². The number of nitro benzene ring substituents is 1. The zero-order chi connectivity index (χ0) is 11.4. The fourth-order valence-electron chi connectivity index (χ4n) is 1.16. The van der Waals surface area contributed by atoms with Crippen LogP contribution in [0.1, 0.15) is 11.1 Å². The van der Waals surface area contributed by atoms with Crippen molar-refractivity contribution in [2.45, 2.75) is 6.61 Å². The molecule has 0 radical (unpaired) electrons. The molecule has 1 aromatic rings. The van der Waals surface area contributed by atoms with E-state index < -0.39 is 4.92 Å². The number of nitrogens with zero attached hydrogens (tertiary/aromatic N) is 2. The molecule has 0 fully saturated rings. The van der Waals surface area contributed by atoms with Crippen LogP contribution in [0.25, 0.3) is 0 Å². The van der Waals surface area contributed by atoms with E-state index in [2.05, 4.69) is 0 Å². The van der Waals surface area contributed by atoms with Crippen LogP contribution in [0.15, 0.2) is 12.1 Å². The molecule has 6 nitrogen and oxygen atoms in total. The Morgan fingerprint density at radius 1 is 1.67 bits per heavy atom. The molecule has 78 valence electrons. The second-order valence-corrected chi connectivity index (χ2v) is 2.72. The molecule has 0 heterocycles. The molecule has 0 aliphatic carbocycles. The zero-order valence-corrected chi connectivity index (χ0v) is 7.93. The van der Waals surface area contributed by atoms with Crippen LogP contribution in [0.2, 0.25) is 0 Å². The highest BCUT2D eigenvalue weighted by molar-refractivity contribution is 5.58. The van der Waals surface area contributed by atoms with Crippen LogP contribution in [0.4, 0.5) is 5.69 Å². The number of nitro groups is 1. The van der Waals surface area contributed by atoms with Crippen LogP contribution >= 0.6 is 0 Å². The molecule has 0 aliphatic heterocycles. The second kappa shape index (κ2) is 4.39. The molecule has 0 bridgehead atoms. The normalized spacial score (nSPS) is 9.40. The van der Waals surface area contributed by atoms with Gasteiger partial charge in [0.1, 0.15) is 11.8 Å². The number of ether oxygens (including phenoxy) is 1. The number of rotatable bonds is 3. The van der Waals surface area contributed by atoms with Crippen molar-refractivity contribution < 1.29 is 14.8 Å². The topological polar surface area (TPSA) is 96.4 Å². The number of nitriles is 1. The molecule has 0 saturated heterocycles. The van der Waals surface area contributed by atoms with E-state index in [1.165, 1.54) is 13.2 Å². The van der Waals surface area contributed by atoms with Gasteiger partial charge in [-0.3, -0.25) is 10.1 Å². The molecule has 0 spiro atoms. The highest BCUT2D eigenvalue weighted by Gasteiger charge is 2.19. The molecular formula is C9H8N2O4. The molecule has 6 heteroatoms. The van der Waals surface area contributed by atoms with Crippen molar-refractivity contribution in [3.63, 3.8) is 0 Å². The number of hydrogen-bond acceptors (Lipinski definition) is 5. The predicted molar refractivity (Wildman–Crippen MR) is 50.3 cm³/mol. The van der Waals surface area contributed by atoms with E-state index in [4.69, 9.17) is 15.1 Å². The first-order chi connectivity index (χ1) is 7.13. The van der Waals surface area contributed by atoms with Gasteiger partial charge >= 0.3 is 0 Å². The van der Waals surface area contributed by atoms with Gasteiger partial charge in [0, 0.05) is 6.07 Å². The lowest BCUT2D eigenvalue weighted by Gasteiger charge is -2.05. The second-order valence-electron chi connectivity index (χ2n) is 2.72. The van der Waals surface area contributed by atoms with Crippen molar-refractivity contribution in [2.75, 3.05) is 7.11 Å². The van der Waals surface area contributed by atoms with Crippen LogP contribution in [-0.2, 0) is 6.61 Å². The molecule has 1 rings (SSSR count). The van der Waals surface area contributed by atoms with E-state index in [0.29, 0.717) is 5.56 Å². The minimum absolute atomic E-state index is 0.0933. The minimum Gasteiger partial charge on any atom is -0.495 e. The first-order valence-electron chi connectivity index (χ1n) is 4.00. The van der Waals surface area contributed by atoms with Gasteiger partial charge in [0.2, 0.25) is 0 Å². The van der Waals surface area contributed by atoms with E-state index >= 15 is 0 Å². The first-order valence-corrected chi connectivity index (χ1v) is 4.00. The Bertz CT molecular complexity index is 436. The van der Waals surface area contributed by atoms with Crippen molar-refractivity contribution in [3.05, 3.63) is 33.4 Å². The maximum absolute atomic E-state index is 10.6. The number of hydrogen-bond donors (Lipinski definition) is 1. The number of benzene rings is 1. The Labute approximate surface area is 85.5 Å². The van der Waals surface area contributed by atoms with Crippen LogP contribution in [0.5, 0.6) is 5.75 Å². The molecule has 0 atom stereocenters. The summed E-state index contributed by atoms with van der Waals surface area (Å²) in [6, 6.07) is 4.25. The molecule has 1 aromatic carbocycles. The molecular weight excluding hydrogens is 200 g/mol. The average Bonchev–Trinajstić information content (AvgIpc) is 2.26. The molecule has 15 heavy (non-hydrogen) atoms. The van der Waals surface area contributed by atoms with Crippen molar-refractivity contribution in [1.29, 1.82) is 5.26 Å². The van der Waals surface area contributed by atoms with Gasteiger partial charge < -0.3 is 9.84 Å². The van der Waals surface area contributed by atoms with Gasteiger partial charge in [-0.2, -0.15) is 5.26 Å². The van der Waals surface area contributed by atoms with Gasteiger partial charge in [-0.25, -0.2) is 0 Å². The van der Waals surface area contributed by atoms with Gasteiger partial charge in [0.25, 0.3) is 5.69 Å². The average molecular weight is 208 g/mol. The van der Waals surface area contributed by atoms with Gasteiger partial charge in [-0.15, -0.1) is 0 Å². The first kappa shape index (κ1) is 10.9. The van der Waals surface area contributed by atoms with E-state index in [0.717, 1.165) is 6.07 Å². The third-order valence-corrected chi connectivity index (χ3v) is 1.85. The Morgan fingerprint density at radius 3 is 2.73 bits per heavy atom. The maximum atomic E-state index is 10.6. The van der Waals surface area contributed by atoms with Crippen LogP contribution in [-0.4, -0.2) is 17.1 Å². The predicted octanol–water partition coefficient (Wildman–Crippen LogP) is 0.967. The van der Waals surface area contributed by atoms with Crippen molar-refractivity contribution in [3.8, 4) is 11.8 Å². The zero-order valence-electron chi connectivity index (χ0n) is 7.93. The summed E-state index contributed by atoms with van der Waals surface area (Å²) in [6.45, 7) is -0.344. The van der Waals surface area contributed by atoms with E-state index in [9.17, 15) is 10.1 Å². The fourth-order valence-corrected chi connectivity index (χ4v) is 1.16. The van der Waals surface area contributed by atoms with Crippen LogP contribution in [0, 0.1) is 21.4 Å². The highest BCUT2D eigenvalue weighted by Crippen LogP contribution is 2.29. The van der Waals surface area contributed by atoms with E-state index in [1.54, 1.807) is 6.07 Å². The van der Waals surface area contributed by atoms with E-state index in [-0.39, 0.29) is 23.6 Å². The Kier molecular flexibility index (Phi) is 3.21. The number of aliphatic hydroxyl groups excluding tert-OH is 1. The monoisotopic (exact) mass is 208 g/mol. The summed E-state index contributed by atoms with van der Waals surface area (Å²) in [6.07, 6.45) is 0. The quantitative estimate of drug-likeness (QED) is 0.589. The molecule has 1 N–H and O–H groups in total. The molecule has 0 unspecified atom stereocenters. The Morgan fingerprint density at radius 2 is 2.33 bits per heavy atom. The standard InChI is InChI=1S/C9H8N2O4/c1-15-9-3-6(5-12)2-8(11(13)14)7(9)4-10/h2-3,12H,5H2,1H3. The smallest absolute Gasteiger partial charge is 0.291 e. The van der Waals surface area contributed by atoms with Crippen molar-refractivity contribution in [1.82, 2.24) is 0 Å². The van der Waals surface area contributed by atoms with Crippen molar-refractivity contribution in [2.24, 2.45) is 0 Å². The molecule has 0 aromatic heterocycles. The summed E-state index contributed by atoms with van der Waals surface area (Å²) >= 11 is 0. The summed E-state index contributed by atoms with van der Waals surface area (Å²) in [5.41, 5.74) is -0.168. The lowest BCUT2D eigenvalue weighted by atomic mass is 10.1. The largest absolute Gasteiger partial charge is 0.495 e. The molecule has 0 aliphatic rings. The van der Waals surface area contributed by atoms with E-state index in [1.807, 2.05) is 0 Å². The lowest BCUT2D eigenvalue weighted by Crippen LogP contribution is -1.98. The van der Waals surface area contributed by atoms with Gasteiger partial charge in [-0.05, 0) is 11.6 Å². The van der Waals surface area contributed by atoms with Crippen LogP contribution < -0.4 is 4.74 Å². The summed E-state index contributed by atoms with van der Waals surface area (Å²) in [4.78, 5) is 9.95. The third-order valence-electron chi connectivity index (χ3n) is 1.85. The minimum atomic E-state index is -0.680. The molecule has 0 saturated carbocycles. The summed E-state index contributed by atoms with van der Waals surface area (Å²) in [7, 11) is 1.31. The SMILES string of the molecule is COc1cc(CO)cc([N+](=O)[O-])c1C#N. The fraction of sp³-hybridized carbons (Fsp3) is 0.222. The van der Waals surface area contributed by atoms with Crippen molar-refractivity contribution >= 4 is 5.69 Å². The summed E-state index contributed by atoms with van der Waals surface area (Å²) in [5.74, 6) is 0.0933. The Balaban J connectivity index is 3.48. The Hall–Kier alpha value is -2.13. The maximum Gasteiger partial charge on any atom is 0.291 e.